The number of carbonyl (C=O) groups is 1. The standard InChI is InChI=1S/C10H9N3O2S/c1-5-10(16-6(2)12-5)9(14)8-7(3-11)4-15-13-8/h7H,4H2,1-2H3/t7-/m1/s1. The van der Waals surface area contributed by atoms with Gasteiger partial charge >= 0.3 is 0 Å². The summed E-state index contributed by atoms with van der Waals surface area (Å²) in [5.41, 5.74) is 0.869. The molecule has 1 aliphatic rings. The summed E-state index contributed by atoms with van der Waals surface area (Å²) in [7, 11) is 0. The molecule has 1 aromatic rings. The molecule has 0 aromatic carbocycles. The van der Waals surface area contributed by atoms with Crippen molar-refractivity contribution in [1.29, 1.82) is 5.26 Å². The number of oxime groups is 1. The van der Waals surface area contributed by atoms with Crippen LogP contribution in [0.4, 0.5) is 0 Å². The van der Waals surface area contributed by atoms with Crippen LogP contribution < -0.4 is 0 Å². The molecule has 0 saturated heterocycles. The molecule has 2 rings (SSSR count). The zero-order valence-corrected chi connectivity index (χ0v) is 9.67. The Kier molecular flexibility index (Phi) is 2.71. The van der Waals surface area contributed by atoms with E-state index in [1.807, 2.05) is 13.0 Å². The van der Waals surface area contributed by atoms with E-state index in [1.165, 1.54) is 11.3 Å². The first-order valence-corrected chi connectivity index (χ1v) is 5.53. The van der Waals surface area contributed by atoms with Crippen LogP contribution in [0.25, 0.3) is 0 Å². The predicted octanol–water partition coefficient (Wildman–Crippen LogP) is 1.47. The summed E-state index contributed by atoms with van der Waals surface area (Å²) >= 11 is 1.32. The van der Waals surface area contributed by atoms with Gasteiger partial charge in [0.1, 0.15) is 18.2 Å². The van der Waals surface area contributed by atoms with Crippen LogP contribution in [0, 0.1) is 31.1 Å². The Morgan fingerprint density at radius 3 is 2.94 bits per heavy atom. The highest BCUT2D eigenvalue weighted by Crippen LogP contribution is 2.21. The second-order valence-corrected chi connectivity index (χ2v) is 4.63. The van der Waals surface area contributed by atoms with Gasteiger partial charge in [0, 0.05) is 0 Å². The van der Waals surface area contributed by atoms with Crippen molar-refractivity contribution >= 4 is 22.8 Å². The van der Waals surface area contributed by atoms with Crippen molar-refractivity contribution in [2.24, 2.45) is 11.1 Å². The highest BCUT2D eigenvalue weighted by molar-refractivity contribution is 7.14. The Bertz CT molecular complexity index is 513. The number of hydrogen-bond acceptors (Lipinski definition) is 6. The quantitative estimate of drug-likeness (QED) is 0.727. The van der Waals surface area contributed by atoms with Crippen molar-refractivity contribution in [2.45, 2.75) is 13.8 Å². The minimum absolute atomic E-state index is 0.161. The number of thiazole rings is 1. The lowest BCUT2D eigenvalue weighted by molar-refractivity contribution is 0.106. The summed E-state index contributed by atoms with van der Waals surface area (Å²) < 4.78 is 0. The molecule has 16 heavy (non-hydrogen) atoms. The van der Waals surface area contributed by atoms with Crippen LogP contribution in [0.5, 0.6) is 0 Å². The molecule has 0 radical (unpaired) electrons. The number of nitrogens with zero attached hydrogens (tertiary/aromatic N) is 3. The van der Waals surface area contributed by atoms with Crippen LogP contribution in [-0.2, 0) is 4.84 Å². The van der Waals surface area contributed by atoms with E-state index in [-0.39, 0.29) is 18.1 Å². The highest BCUT2D eigenvalue weighted by Gasteiger charge is 2.31. The fourth-order valence-corrected chi connectivity index (χ4v) is 2.35. The van der Waals surface area contributed by atoms with Gasteiger partial charge in [0.2, 0.25) is 5.78 Å². The molecule has 1 aliphatic heterocycles. The van der Waals surface area contributed by atoms with Gasteiger partial charge in [-0.3, -0.25) is 4.79 Å². The van der Waals surface area contributed by atoms with Crippen molar-refractivity contribution in [3.8, 4) is 6.07 Å². The largest absolute Gasteiger partial charge is 0.394 e. The van der Waals surface area contributed by atoms with Crippen LogP contribution in [-0.4, -0.2) is 23.1 Å². The minimum atomic E-state index is -0.561. The number of Topliss-reactive ketones (excluding diaryl/α,β-unsaturated/α-hetero) is 1. The van der Waals surface area contributed by atoms with Gasteiger partial charge in [-0.2, -0.15) is 5.26 Å². The number of aryl methyl sites for hydroxylation is 2. The van der Waals surface area contributed by atoms with Crippen LogP contribution in [0.3, 0.4) is 0 Å². The van der Waals surface area contributed by atoms with E-state index in [2.05, 4.69) is 10.1 Å². The normalized spacial score (nSPS) is 18.8. The summed E-state index contributed by atoms with van der Waals surface area (Å²) in [6.07, 6.45) is 0. The average molecular weight is 235 g/mol. The summed E-state index contributed by atoms with van der Waals surface area (Å²) in [6, 6.07) is 2.00. The fourth-order valence-electron chi connectivity index (χ4n) is 1.48. The van der Waals surface area contributed by atoms with Crippen LogP contribution in [0.2, 0.25) is 0 Å². The molecular formula is C10H9N3O2S. The van der Waals surface area contributed by atoms with Crippen molar-refractivity contribution in [3.05, 3.63) is 15.6 Å². The molecular weight excluding hydrogens is 226 g/mol. The molecule has 5 nitrogen and oxygen atoms in total. The SMILES string of the molecule is Cc1nc(C)c(C(=O)C2=NOC[C@H]2C#N)s1. The third-order valence-corrected chi connectivity index (χ3v) is 3.30. The summed E-state index contributed by atoms with van der Waals surface area (Å²) in [6.45, 7) is 3.77. The third-order valence-electron chi connectivity index (χ3n) is 2.23. The number of hydrogen-bond donors (Lipinski definition) is 0. The Morgan fingerprint density at radius 2 is 2.38 bits per heavy atom. The lowest BCUT2D eigenvalue weighted by Crippen LogP contribution is -2.21. The van der Waals surface area contributed by atoms with Gasteiger partial charge < -0.3 is 4.84 Å². The lowest BCUT2D eigenvalue weighted by atomic mass is 10.0. The molecule has 0 N–H and O–H groups in total. The molecule has 0 saturated carbocycles. The Balaban J connectivity index is 2.33. The fraction of sp³-hybridized carbons (Fsp3) is 0.400. The zero-order valence-electron chi connectivity index (χ0n) is 8.85. The van der Waals surface area contributed by atoms with Gasteiger partial charge in [0.25, 0.3) is 0 Å². The third kappa shape index (κ3) is 1.70. The summed E-state index contributed by atoms with van der Waals surface area (Å²) in [5.74, 6) is -0.804. The van der Waals surface area contributed by atoms with Crippen LogP contribution >= 0.6 is 11.3 Å². The molecule has 1 aromatic heterocycles. The summed E-state index contributed by atoms with van der Waals surface area (Å²) in [5, 5.41) is 13.3. The first-order chi connectivity index (χ1) is 7.63. The van der Waals surface area contributed by atoms with Gasteiger partial charge in [0.05, 0.1) is 21.6 Å². The van der Waals surface area contributed by atoms with Crippen molar-refractivity contribution in [2.75, 3.05) is 6.61 Å². The number of ketones is 1. The van der Waals surface area contributed by atoms with E-state index in [0.717, 1.165) is 5.01 Å². The first-order valence-electron chi connectivity index (χ1n) is 4.71. The maximum Gasteiger partial charge on any atom is 0.223 e. The number of nitriles is 1. The molecule has 82 valence electrons. The lowest BCUT2D eigenvalue weighted by Gasteiger charge is -1.98. The molecule has 0 aliphatic carbocycles. The molecule has 0 amide bonds. The molecule has 1 atom stereocenters. The molecule has 0 spiro atoms. The van der Waals surface area contributed by atoms with E-state index < -0.39 is 5.92 Å². The van der Waals surface area contributed by atoms with Crippen LogP contribution in [0.1, 0.15) is 20.4 Å². The molecule has 2 heterocycles. The number of aromatic nitrogens is 1. The highest BCUT2D eigenvalue weighted by atomic mass is 32.1. The molecule has 6 heteroatoms. The molecule has 0 unspecified atom stereocenters. The Labute approximate surface area is 96.4 Å². The minimum Gasteiger partial charge on any atom is -0.394 e. The number of carbonyl (C=O) groups excluding carboxylic acids is 1. The van der Waals surface area contributed by atoms with Gasteiger partial charge in [-0.15, -0.1) is 11.3 Å². The van der Waals surface area contributed by atoms with E-state index >= 15 is 0 Å². The topological polar surface area (TPSA) is 75.3 Å². The van der Waals surface area contributed by atoms with E-state index in [4.69, 9.17) is 10.1 Å². The smallest absolute Gasteiger partial charge is 0.223 e. The van der Waals surface area contributed by atoms with Crippen molar-refractivity contribution < 1.29 is 9.63 Å². The van der Waals surface area contributed by atoms with Gasteiger partial charge in [-0.1, -0.05) is 5.16 Å². The molecule has 0 fully saturated rings. The second kappa shape index (κ2) is 4.02. The van der Waals surface area contributed by atoms with E-state index in [0.29, 0.717) is 10.6 Å². The Hall–Kier alpha value is -1.74. The van der Waals surface area contributed by atoms with Gasteiger partial charge in [-0.25, -0.2) is 4.98 Å². The Morgan fingerprint density at radius 1 is 1.62 bits per heavy atom. The maximum absolute atomic E-state index is 12.1. The van der Waals surface area contributed by atoms with Crippen LogP contribution in [0.15, 0.2) is 5.16 Å². The molecule has 0 bridgehead atoms. The predicted molar refractivity (Wildman–Crippen MR) is 58.4 cm³/mol. The van der Waals surface area contributed by atoms with E-state index in [9.17, 15) is 4.79 Å². The number of rotatable bonds is 2. The van der Waals surface area contributed by atoms with Crippen molar-refractivity contribution in [1.82, 2.24) is 4.98 Å². The first kappa shape index (κ1) is 10.8. The van der Waals surface area contributed by atoms with Crippen molar-refractivity contribution in [3.63, 3.8) is 0 Å². The summed E-state index contributed by atoms with van der Waals surface area (Å²) in [4.78, 5) is 21.6. The van der Waals surface area contributed by atoms with Gasteiger partial charge in [0.15, 0.2) is 0 Å². The second-order valence-electron chi connectivity index (χ2n) is 3.43. The van der Waals surface area contributed by atoms with E-state index in [1.54, 1.807) is 6.92 Å². The van der Waals surface area contributed by atoms with Gasteiger partial charge in [-0.05, 0) is 13.8 Å². The average Bonchev–Trinajstić information content (AvgIpc) is 2.83. The monoisotopic (exact) mass is 235 g/mol. The zero-order chi connectivity index (χ0) is 11.7. The maximum atomic E-state index is 12.1.